The molecule has 1 amide bonds. The van der Waals surface area contributed by atoms with Crippen molar-refractivity contribution in [3.05, 3.63) is 36.0 Å². The number of aromatic nitrogens is 1. The number of benzene rings is 1. The maximum absolute atomic E-state index is 10.8. The number of nitrogens with one attached hydrogen (secondary N) is 2. The van der Waals surface area contributed by atoms with Crippen molar-refractivity contribution >= 4 is 16.8 Å². The average Bonchev–Trinajstić information content (AvgIpc) is 2.60. The summed E-state index contributed by atoms with van der Waals surface area (Å²) in [7, 11) is 0. The van der Waals surface area contributed by atoms with Crippen LogP contribution in [0.3, 0.4) is 0 Å². The zero-order valence-corrected chi connectivity index (χ0v) is 7.45. The van der Waals surface area contributed by atoms with E-state index in [4.69, 9.17) is 11.5 Å². The van der Waals surface area contributed by atoms with E-state index in [9.17, 15) is 4.79 Å². The van der Waals surface area contributed by atoms with E-state index in [1.807, 2.05) is 24.3 Å². The van der Waals surface area contributed by atoms with Gasteiger partial charge in [0.05, 0.1) is 0 Å². The van der Waals surface area contributed by atoms with Gasteiger partial charge < -0.3 is 10.7 Å². The van der Waals surface area contributed by atoms with Crippen molar-refractivity contribution < 1.29 is 4.79 Å². The first-order valence-electron chi connectivity index (χ1n) is 4.27. The summed E-state index contributed by atoms with van der Waals surface area (Å²) in [5, 5.41) is 0.903. The van der Waals surface area contributed by atoms with Crippen molar-refractivity contribution in [3.8, 4) is 0 Å². The Bertz CT molecular complexity index is 475. The second-order valence-corrected chi connectivity index (χ2v) is 3.13. The van der Waals surface area contributed by atoms with Gasteiger partial charge in [0, 0.05) is 22.7 Å². The molecule has 2 aromatic rings. The fraction of sp³-hybridized carbons (Fsp3) is 0.100. The molecule has 0 aliphatic heterocycles. The zero-order valence-electron chi connectivity index (χ0n) is 7.45. The summed E-state index contributed by atoms with van der Waals surface area (Å²) >= 11 is 0. The van der Waals surface area contributed by atoms with Gasteiger partial charge in [-0.15, -0.1) is 0 Å². The second-order valence-electron chi connectivity index (χ2n) is 3.13. The number of fused-ring (bicyclic) bond motifs is 1. The molecule has 1 unspecified atom stereocenters. The van der Waals surface area contributed by atoms with Crippen molar-refractivity contribution in [2.45, 2.75) is 6.04 Å². The zero-order chi connectivity index (χ0) is 10.1. The lowest BCUT2D eigenvalue weighted by atomic mass is 10.1. The van der Waals surface area contributed by atoms with Gasteiger partial charge in [0.1, 0.15) is 6.04 Å². The summed E-state index contributed by atoms with van der Waals surface area (Å²) in [6.07, 6.45) is 1.68. The standard InChI is InChI=1S/C10H10N3O/c11-9(10(12)14)7-5-13-8-4-2-1-3-6(7)8/h1-5,9,12-13H,11H2. The Morgan fingerprint density at radius 2 is 2.14 bits per heavy atom. The SMILES string of the molecule is [NH]C(=O)C(N)c1c[nH]c2ccccc12. The van der Waals surface area contributed by atoms with Crippen LogP contribution >= 0.6 is 0 Å². The monoisotopic (exact) mass is 188 g/mol. The maximum Gasteiger partial charge on any atom is 0.259 e. The molecular weight excluding hydrogens is 178 g/mol. The molecule has 1 atom stereocenters. The van der Waals surface area contributed by atoms with Crippen LogP contribution in [0.4, 0.5) is 0 Å². The lowest BCUT2D eigenvalue weighted by Crippen LogP contribution is -2.21. The molecule has 4 N–H and O–H groups in total. The number of nitrogens with two attached hydrogens (primary N) is 1. The summed E-state index contributed by atoms with van der Waals surface area (Å²) in [4.78, 5) is 13.8. The maximum atomic E-state index is 10.8. The molecule has 2 rings (SSSR count). The van der Waals surface area contributed by atoms with Gasteiger partial charge in [-0.1, -0.05) is 18.2 Å². The quantitative estimate of drug-likeness (QED) is 0.736. The topological polar surface area (TPSA) is 82.7 Å². The third-order valence-electron chi connectivity index (χ3n) is 2.24. The molecule has 0 spiro atoms. The van der Waals surface area contributed by atoms with Gasteiger partial charge >= 0.3 is 0 Å². The minimum absolute atomic E-state index is 0.681. The molecule has 0 aliphatic carbocycles. The van der Waals surface area contributed by atoms with Crippen LogP contribution in [-0.2, 0) is 4.79 Å². The summed E-state index contributed by atoms with van der Waals surface area (Å²) < 4.78 is 0. The third-order valence-corrected chi connectivity index (χ3v) is 2.24. The predicted octanol–water partition coefficient (Wildman–Crippen LogP) is 0.977. The number of carbonyl (C=O) groups is 1. The summed E-state index contributed by atoms with van der Waals surface area (Å²) in [5.41, 5.74) is 14.2. The van der Waals surface area contributed by atoms with Crippen LogP contribution in [0.25, 0.3) is 10.9 Å². The van der Waals surface area contributed by atoms with Crippen molar-refractivity contribution in [2.24, 2.45) is 5.73 Å². The average molecular weight is 188 g/mol. The van der Waals surface area contributed by atoms with E-state index >= 15 is 0 Å². The van der Waals surface area contributed by atoms with Crippen molar-refractivity contribution in [3.63, 3.8) is 0 Å². The molecule has 1 radical (unpaired) electrons. The van der Waals surface area contributed by atoms with Crippen LogP contribution < -0.4 is 11.5 Å². The number of H-pyrrole nitrogens is 1. The number of amides is 1. The van der Waals surface area contributed by atoms with Crippen molar-refractivity contribution in [1.29, 1.82) is 0 Å². The number of rotatable bonds is 2. The largest absolute Gasteiger partial charge is 0.361 e. The summed E-state index contributed by atoms with van der Waals surface area (Å²) in [6, 6.07) is 6.70. The van der Waals surface area contributed by atoms with E-state index in [1.165, 1.54) is 0 Å². The minimum atomic E-state index is -0.855. The second kappa shape index (κ2) is 3.16. The van der Waals surface area contributed by atoms with E-state index in [0.717, 1.165) is 10.9 Å². The highest BCUT2D eigenvalue weighted by Gasteiger charge is 2.16. The van der Waals surface area contributed by atoms with Crippen LogP contribution in [0.5, 0.6) is 0 Å². The molecule has 71 valence electrons. The molecule has 0 saturated heterocycles. The number of hydrogen-bond acceptors (Lipinski definition) is 2. The molecular formula is C10H10N3O. The van der Waals surface area contributed by atoms with Gasteiger partial charge in [-0.25, -0.2) is 0 Å². The van der Waals surface area contributed by atoms with Gasteiger partial charge in [0.25, 0.3) is 5.91 Å². The number of aromatic amines is 1. The number of carbonyl (C=O) groups excluding carboxylic acids is 1. The molecule has 1 aromatic carbocycles. The summed E-state index contributed by atoms with van der Waals surface area (Å²) in [5.74, 6) is -0.769. The van der Waals surface area contributed by atoms with Gasteiger partial charge in [0.15, 0.2) is 0 Å². The van der Waals surface area contributed by atoms with Gasteiger partial charge in [-0.05, 0) is 6.07 Å². The number of para-hydroxylation sites is 1. The van der Waals surface area contributed by atoms with E-state index in [0.29, 0.717) is 5.56 Å². The molecule has 0 bridgehead atoms. The minimum Gasteiger partial charge on any atom is -0.361 e. The highest BCUT2D eigenvalue weighted by Crippen LogP contribution is 2.22. The molecule has 14 heavy (non-hydrogen) atoms. The van der Waals surface area contributed by atoms with Crippen LogP contribution in [0.2, 0.25) is 0 Å². The Balaban J connectivity index is 2.58. The molecule has 4 nitrogen and oxygen atoms in total. The van der Waals surface area contributed by atoms with Crippen LogP contribution in [-0.4, -0.2) is 10.9 Å². The third kappa shape index (κ3) is 1.25. The van der Waals surface area contributed by atoms with E-state index in [1.54, 1.807) is 6.20 Å². The van der Waals surface area contributed by atoms with Crippen molar-refractivity contribution in [2.75, 3.05) is 0 Å². The first-order chi connectivity index (χ1) is 6.70. The lowest BCUT2D eigenvalue weighted by Gasteiger charge is -2.03. The van der Waals surface area contributed by atoms with E-state index < -0.39 is 11.9 Å². The summed E-state index contributed by atoms with van der Waals surface area (Å²) in [6.45, 7) is 0. The normalized spacial score (nSPS) is 12.9. The highest BCUT2D eigenvalue weighted by molar-refractivity contribution is 5.90. The smallest absolute Gasteiger partial charge is 0.259 e. The fourth-order valence-electron chi connectivity index (χ4n) is 1.49. The predicted molar refractivity (Wildman–Crippen MR) is 53.3 cm³/mol. The Morgan fingerprint density at radius 1 is 1.43 bits per heavy atom. The van der Waals surface area contributed by atoms with Crippen LogP contribution in [0, 0.1) is 0 Å². The Kier molecular flexibility index (Phi) is 1.98. The Labute approximate surface area is 80.9 Å². The molecule has 1 aromatic heterocycles. The highest BCUT2D eigenvalue weighted by atomic mass is 16.1. The van der Waals surface area contributed by atoms with Gasteiger partial charge in [0.2, 0.25) is 0 Å². The Hall–Kier alpha value is -1.81. The van der Waals surface area contributed by atoms with Crippen molar-refractivity contribution in [1.82, 2.24) is 10.7 Å². The Morgan fingerprint density at radius 3 is 2.86 bits per heavy atom. The van der Waals surface area contributed by atoms with E-state index in [2.05, 4.69) is 4.98 Å². The molecule has 0 saturated carbocycles. The first-order valence-corrected chi connectivity index (χ1v) is 4.27. The fourth-order valence-corrected chi connectivity index (χ4v) is 1.49. The van der Waals surface area contributed by atoms with Crippen LogP contribution in [0.1, 0.15) is 11.6 Å². The van der Waals surface area contributed by atoms with Gasteiger partial charge in [-0.2, -0.15) is 0 Å². The number of hydrogen-bond donors (Lipinski definition) is 2. The van der Waals surface area contributed by atoms with Gasteiger partial charge in [-0.3, -0.25) is 10.5 Å². The van der Waals surface area contributed by atoms with Crippen LogP contribution in [0.15, 0.2) is 30.5 Å². The first kappa shape index (κ1) is 8.77. The van der Waals surface area contributed by atoms with E-state index in [-0.39, 0.29) is 0 Å². The molecule has 1 heterocycles. The lowest BCUT2D eigenvalue weighted by molar-refractivity contribution is -0.119. The molecule has 0 aliphatic rings. The molecule has 4 heteroatoms. The molecule has 0 fully saturated rings.